The first kappa shape index (κ1) is 143. The van der Waals surface area contributed by atoms with Gasteiger partial charge in [0, 0.05) is 0 Å². The number of rotatable bonds is 12. The van der Waals surface area contributed by atoms with E-state index in [0.717, 1.165) is 0 Å². The number of hydrogen-bond donors (Lipinski definition) is 0. The van der Waals surface area contributed by atoms with Gasteiger partial charge in [-0.2, -0.15) is 0 Å². The van der Waals surface area contributed by atoms with Crippen LogP contribution in [-0.4, -0.2) is 0 Å². The Hall–Kier alpha value is -12.5. The fraction of sp³-hybridized carbons (Fsp3) is 0.314. The Morgan fingerprint density at radius 1 is 0.0857 bits per heavy atom. The van der Waals surface area contributed by atoms with Crippen LogP contribution in [0.5, 0.6) is 0 Å². The van der Waals surface area contributed by atoms with Crippen LogP contribution < -0.4 is 0 Å². The molecule has 16 aromatic rings. The van der Waals surface area contributed by atoms with Gasteiger partial charge in [0.1, 0.15) is 0 Å². The molecule has 16 aromatic carbocycles. The quantitative estimate of drug-likeness (QED) is 0.114. The Bertz CT molecular complexity index is 5300. The van der Waals surface area contributed by atoms with Crippen LogP contribution >= 0.6 is 0 Å². The molecule has 0 N–H and O–H groups in total. The van der Waals surface area contributed by atoms with Crippen LogP contribution in [0.15, 0.2) is 413 Å². The standard InChI is InChI=1S/4C25H20.20C2H6/c1-19-9-5-6-16-25(19)24-15-8-14-23(18-24)22-13-7-12-21(17-22)20-10-3-2-4-11-20;1-19-10-5-6-15-23(19)21-13-9-14-22(18-21)25-17-8-7-16-24(25)20-11-3-2-4-12-20;1-19-8-7-11-23(18-19)25-13-6-5-12-24(25)22-16-14-21(15-17-22)20-9-3-2-4-10-20;1-19-8-5-6-13-25(19)24-12-7-11-23(18-24)22-16-14-21(15-17-22)20-9-3-2-4-10-20;20*1-2/h4*2-18H,1H3;20*1-2H3. The average Bonchev–Trinajstić information content (AvgIpc) is 0.793. The van der Waals surface area contributed by atoms with Crippen molar-refractivity contribution in [3.8, 4) is 134 Å². The van der Waals surface area contributed by atoms with Crippen LogP contribution in [0, 0.1) is 27.7 Å². The fourth-order valence-corrected chi connectivity index (χ4v) is 13.1. The second kappa shape index (κ2) is 102. The Kier molecular flexibility index (Phi) is 105. The van der Waals surface area contributed by atoms with E-state index in [1.165, 1.54) is 156 Å². The summed E-state index contributed by atoms with van der Waals surface area (Å²) in [6, 6.07) is 147. The van der Waals surface area contributed by atoms with Gasteiger partial charge in [-0.25, -0.2) is 0 Å². The van der Waals surface area contributed by atoms with Crippen LogP contribution in [0.25, 0.3) is 134 Å². The van der Waals surface area contributed by atoms with Crippen LogP contribution in [0.3, 0.4) is 0 Å². The van der Waals surface area contributed by atoms with Gasteiger partial charge in [0.15, 0.2) is 0 Å². The van der Waals surface area contributed by atoms with Gasteiger partial charge >= 0.3 is 0 Å². The zero-order valence-corrected chi connectivity index (χ0v) is 97.3. The maximum absolute atomic E-state index is 2.30. The Morgan fingerprint density at radius 2 is 0.214 bits per heavy atom. The van der Waals surface area contributed by atoms with Crippen LogP contribution in [0.4, 0.5) is 0 Å². The van der Waals surface area contributed by atoms with Gasteiger partial charge in [-0.05, 0) is 202 Å². The van der Waals surface area contributed by atoms with Crippen molar-refractivity contribution in [2.75, 3.05) is 0 Å². The number of hydrogen-bond acceptors (Lipinski definition) is 0. The molecule has 0 amide bonds. The van der Waals surface area contributed by atoms with Crippen molar-refractivity contribution in [2.24, 2.45) is 0 Å². The normalized spacial score (nSPS) is 8.43. The third kappa shape index (κ3) is 52.5. The van der Waals surface area contributed by atoms with E-state index in [1.54, 1.807) is 0 Å². The molecule has 0 atom stereocenters. The summed E-state index contributed by atoms with van der Waals surface area (Å²) in [6.45, 7) is 88.6. The number of benzene rings is 16. The number of aryl methyl sites for hydroxylation is 4. The summed E-state index contributed by atoms with van der Waals surface area (Å²) < 4.78 is 0. The highest BCUT2D eigenvalue weighted by Crippen LogP contribution is 2.38. The minimum absolute atomic E-state index is 1.25. The van der Waals surface area contributed by atoms with Crippen molar-refractivity contribution >= 4 is 0 Å². The van der Waals surface area contributed by atoms with Crippen molar-refractivity contribution in [3.05, 3.63) is 435 Å². The molecule has 0 heterocycles. The predicted octanol–water partition coefficient (Wildman–Crippen LogP) is 48.5. The summed E-state index contributed by atoms with van der Waals surface area (Å²) in [7, 11) is 0. The Labute approximate surface area is 866 Å². The van der Waals surface area contributed by atoms with Crippen molar-refractivity contribution in [3.63, 3.8) is 0 Å². The Balaban J connectivity index is -0.000000246. The molecule has 0 saturated carbocycles. The van der Waals surface area contributed by atoms with Gasteiger partial charge in [0.25, 0.3) is 0 Å². The summed E-state index contributed by atoms with van der Waals surface area (Å²) in [6.07, 6.45) is 0. The van der Waals surface area contributed by atoms with E-state index in [2.05, 4.69) is 440 Å². The predicted molar refractivity (Wildman–Crippen MR) is 657 cm³/mol. The summed E-state index contributed by atoms with van der Waals surface area (Å²) in [5.41, 5.74) is 35.5. The third-order valence-electron chi connectivity index (χ3n) is 18.5. The zero-order valence-electron chi connectivity index (χ0n) is 97.3. The molecular formula is C140H200. The van der Waals surface area contributed by atoms with Gasteiger partial charge in [-0.3, -0.25) is 0 Å². The molecule has 0 heteroatoms. The molecule has 0 aliphatic rings. The van der Waals surface area contributed by atoms with E-state index in [1.807, 2.05) is 277 Å². The summed E-state index contributed by atoms with van der Waals surface area (Å²) in [5.74, 6) is 0. The summed E-state index contributed by atoms with van der Waals surface area (Å²) >= 11 is 0. The molecule has 0 bridgehead atoms. The molecule has 0 unspecified atom stereocenters. The fourth-order valence-electron chi connectivity index (χ4n) is 13.1. The second-order valence-electron chi connectivity index (χ2n) is 25.3. The maximum Gasteiger partial charge on any atom is -0.0105 e. The van der Waals surface area contributed by atoms with Crippen molar-refractivity contribution < 1.29 is 0 Å². The lowest BCUT2D eigenvalue weighted by Gasteiger charge is -2.12. The molecular weight excluding hydrogens is 1680 g/mol. The molecule has 0 aromatic heterocycles. The van der Waals surface area contributed by atoms with E-state index in [0.29, 0.717) is 0 Å². The minimum atomic E-state index is 1.25. The largest absolute Gasteiger partial charge is 0.0683 e. The summed E-state index contributed by atoms with van der Waals surface area (Å²) in [4.78, 5) is 0. The lowest BCUT2D eigenvalue weighted by molar-refractivity contribution is 1.46. The highest BCUT2D eigenvalue weighted by atomic mass is 14.2. The lowest BCUT2D eigenvalue weighted by atomic mass is 9.92. The van der Waals surface area contributed by atoms with Gasteiger partial charge < -0.3 is 0 Å². The van der Waals surface area contributed by atoms with Crippen molar-refractivity contribution in [2.45, 2.75) is 305 Å². The van der Waals surface area contributed by atoms with Gasteiger partial charge in [-0.1, -0.05) is 671 Å². The average molecular weight is 1880 g/mol. The molecule has 0 spiro atoms. The van der Waals surface area contributed by atoms with E-state index in [9.17, 15) is 0 Å². The monoisotopic (exact) mass is 1880 g/mol. The van der Waals surface area contributed by atoms with Crippen LogP contribution in [0.2, 0.25) is 0 Å². The Morgan fingerprint density at radius 3 is 0.457 bits per heavy atom. The highest BCUT2D eigenvalue weighted by molar-refractivity contribution is 5.87. The topological polar surface area (TPSA) is 0 Å². The maximum atomic E-state index is 2.30. The third-order valence-corrected chi connectivity index (χ3v) is 18.5. The molecule has 0 aliphatic heterocycles. The smallest absolute Gasteiger partial charge is 0.0105 e. The molecule has 0 nitrogen and oxygen atoms in total. The molecule has 760 valence electrons. The first-order valence-electron chi connectivity index (χ1n) is 54.5. The molecule has 0 saturated heterocycles. The van der Waals surface area contributed by atoms with E-state index >= 15 is 0 Å². The van der Waals surface area contributed by atoms with E-state index in [-0.39, 0.29) is 0 Å². The molecule has 140 heavy (non-hydrogen) atoms. The van der Waals surface area contributed by atoms with Crippen molar-refractivity contribution in [1.82, 2.24) is 0 Å². The molecule has 0 aliphatic carbocycles. The highest BCUT2D eigenvalue weighted by Gasteiger charge is 2.13. The molecule has 16 rings (SSSR count). The first-order chi connectivity index (χ1) is 69.3. The lowest BCUT2D eigenvalue weighted by Crippen LogP contribution is -1.87. The molecule has 0 fully saturated rings. The SMILES string of the molecule is CC.CC.CC.CC.CC.CC.CC.CC.CC.CC.CC.CC.CC.CC.CC.CC.CC.CC.CC.CC.Cc1cccc(-c2ccccc2-c2ccc(-c3ccccc3)cc2)c1.Cc1ccccc1-c1cccc(-c2ccc(-c3ccccc3)cc2)c1.Cc1ccccc1-c1cccc(-c2cccc(-c3ccccc3)c2)c1.Cc1ccccc1-c1cccc(-c2ccccc2-c2ccccc2)c1. The minimum Gasteiger partial charge on any atom is -0.0683 e. The molecule has 0 radical (unpaired) electrons. The van der Waals surface area contributed by atoms with E-state index in [4.69, 9.17) is 0 Å². The van der Waals surface area contributed by atoms with Crippen LogP contribution in [-0.2, 0) is 0 Å². The first-order valence-corrected chi connectivity index (χ1v) is 54.5. The second-order valence-corrected chi connectivity index (χ2v) is 25.3. The zero-order chi connectivity index (χ0) is 108. The van der Waals surface area contributed by atoms with Gasteiger partial charge in [0.05, 0.1) is 0 Å². The summed E-state index contributed by atoms with van der Waals surface area (Å²) in [5, 5.41) is 0. The van der Waals surface area contributed by atoms with Gasteiger partial charge in [-0.15, -0.1) is 0 Å². The van der Waals surface area contributed by atoms with E-state index < -0.39 is 0 Å². The van der Waals surface area contributed by atoms with Crippen LogP contribution in [0.1, 0.15) is 299 Å². The van der Waals surface area contributed by atoms with Gasteiger partial charge in [0.2, 0.25) is 0 Å². The van der Waals surface area contributed by atoms with Crippen molar-refractivity contribution in [1.29, 1.82) is 0 Å².